The Hall–Kier alpha value is -3.65. The van der Waals surface area contributed by atoms with Crippen LogP contribution in [0.4, 0.5) is 22.0 Å². The fraction of sp³-hybridized carbons (Fsp3) is 0.143. The number of rotatable bonds is 4. The van der Waals surface area contributed by atoms with E-state index in [0.717, 1.165) is 30.4 Å². The molecule has 5 heteroatoms. The van der Waals surface area contributed by atoms with E-state index in [1.165, 1.54) is 24.3 Å². The van der Waals surface area contributed by atoms with Crippen molar-refractivity contribution in [2.75, 3.05) is 0 Å². The minimum atomic E-state index is -1.02. The first-order chi connectivity index (χ1) is 15.9. The Balaban J connectivity index is 1.67. The van der Waals surface area contributed by atoms with Crippen LogP contribution >= 0.6 is 0 Å². The fourth-order valence-corrected chi connectivity index (χ4v) is 3.69. The van der Waals surface area contributed by atoms with E-state index in [1.807, 2.05) is 6.92 Å². The van der Waals surface area contributed by atoms with Crippen LogP contribution in [0.25, 0.3) is 21.9 Å². The Morgan fingerprint density at radius 3 is 1.97 bits per heavy atom. The lowest BCUT2D eigenvalue weighted by Gasteiger charge is -2.10. The van der Waals surface area contributed by atoms with Gasteiger partial charge in [-0.1, -0.05) is 37.3 Å². The van der Waals surface area contributed by atoms with Gasteiger partial charge in [-0.25, -0.2) is 22.0 Å². The van der Waals surface area contributed by atoms with E-state index in [0.29, 0.717) is 22.9 Å². The van der Waals surface area contributed by atoms with Crippen molar-refractivity contribution < 1.29 is 22.0 Å². The normalized spacial score (nSPS) is 10.8. The average molecular weight is 450 g/mol. The van der Waals surface area contributed by atoms with Crippen molar-refractivity contribution in [2.45, 2.75) is 26.2 Å². The van der Waals surface area contributed by atoms with E-state index >= 15 is 0 Å². The summed E-state index contributed by atoms with van der Waals surface area (Å²) < 4.78 is 71.8. The summed E-state index contributed by atoms with van der Waals surface area (Å²) in [5.41, 5.74) is -0.234. The lowest BCUT2D eigenvalue weighted by molar-refractivity contribution is 0.572. The van der Waals surface area contributed by atoms with Gasteiger partial charge in [-0.05, 0) is 83.3 Å². The molecule has 4 aromatic rings. The second kappa shape index (κ2) is 9.46. The van der Waals surface area contributed by atoms with E-state index in [9.17, 15) is 22.0 Å². The molecular formula is C28H19F5. The van der Waals surface area contributed by atoms with Gasteiger partial charge in [-0.3, -0.25) is 0 Å². The SMILES string of the molecule is CCCCc1cc(F)c(-c2cc(F)c(C#Cc3ccc4cc(F)ccc4c3)c(F)c2)c(F)c1. The third kappa shape index (κ3) is 4.90. The smallest absolute Gasteiger partial charge is 0.142 e. The van der Waals surface area contributed by atoms with Crippen molar-refractivity contribution in [3.63, 3.8) is 0 Å². The van der Waals surface area contributed by atoms with Crippen molar-refractivity contribution in [1.29, 1.82) is 0 Å². The molecule has 4 aromatic carbocycles. The highest BCUT2D eigenvalue weighted by Crippen LogP contribution is 2.30. The van der Waals surface area contributed by atoms with Crippen molar-refractivity contribution in [1.82, 2.24) is 0 Å². The van der Waals surface area contributed by atoms with Crippen LogP contribution in [0.3, 0.4) is 0 Å². The molecule has 0 radical (unpaired) electrons. The summed E-state index contributed by atoms with van der Waals surface area (Å²) >= 11 is 0. The molecule has 0 unspecified atom stereocenters. The summed E-state index contributed by atoms with van der Waals surface area (Å²) in [6, 6.07) is 13.4. The quantitative estimate of drug-likeness (QED) is 0.219. The summed E-state index contributed by atoms with van der Waals surface area (Å²) in [6.45, 7) is 1.97. The summed E-state index contributed by atoms with van der Waals surface area (Å²) in [4.78, 5) is 0. The second-order valence-corrected chi connectivity index (χ2v) is 7.81. The van der Waals surface area contributed by atoms with E-state index in [1.54, 1.807) is 24.3 Å². The molecular weight excluding hydrogens is 431 g/mol. The molecule has 0 aromatic heterocycles. The topological polar surface area (TPSA) is 0 Å². The van der Waals surface area contributed by atoms with Crippen molar-refractivity contribution in [3.8, 4) is 23.0 Å². The van der Waals surface area contributed by atoms with Gasteiger partial charge in [-0.2, -0.15) is 0 Å². The van der Waals surface area contributed by atoms with Gasteiger partial charge in [0.05, 0.1) is 11.1 Å². The molecule has 0 fully saturated rings. The Morgan fingerprint density at radius 2 is 1.30 bits per heavy atom. The van der Waals surface area contributed by atoms with Crippen LogP contribution in [0.2, 0.25) is 0 Å². The summed E-state index contributed by atoms with van der Waals surface area (Å²) in [6.07, 6.45) is 2.18. The number of unbranched alkanes of at least 4 members (excludes halogenated alkanes) is 1. The molecule has 0 bridgehead atoms. The molecule has 0 aliphatic heterocycles. The summed E-state index contributed by atoms with van der Waals surface area (Å²) in [7, 11) is 0. The highest BCUT2D eigenvalue weighted by atomic mass is 19.1. The van der Waals surface area contributed by atoms with Crippen molar-refractivity contribution >= 4 is 10.8 Å². The molecule has 166 valence electrons. The maximum atomic E-state index is 14.7. The number of fused-ring (bicyclic) bond motifs is 1. The number of benzene rings is 4. The molecule has 33 heavy (non-hydrogen) atoms. The Labute approximate surface area is 188 Å². The molecule has 0 nitrogen and oxygen atoms in total. The first-order valence-electron chi connectivity index (χ1n) is 10.5. The number of halogens is 5. The van der Waals surface area contributed by atoms with Gasteiger partial charge in [-0.15, -0.1) is 0 Å². The van der Waals surface area contributed by atoms with Gasteiger partial charge >= 0.3 is 0 Å². The molecule has 0 heterocycles. The lowest BCUT2D eigenvalue weighted by atomic mass is 9.98. The highest BCUT2D eigenvalue weighted by molar-refractivity contribution is 5.84. The van der Waals surface area contributed by atoms with Gasteiger partial charge in [0.25, 0.3) is 0 Å². The van der Waals surface area contributed by atoms with Crippen LogP contribution in [0.15, 0.2) is 60.7 Å². The van der Waals surface area contributed by atoms with Crippen LogP contribution in [0, 0.1) is 40.9 Å². The minimum absolute atomic E-state index is 0.236. The molecule has 0 saturated carbocycles. The maximum Gasteiger partial charge on any atom is 0.142 e. The van der Waals surface area contributed by atoms with Crippen LogP contribution in [-0.4, -0.2) is 0 Å². The van der Waals surface area contributed by atoms with E-state index in [4.69, 9.17) is 0 Å². The predicted molar refractivity (Wildman–Crippen MR) is 120 cm³/mol. The molecule has 0 amide bonds. The molecule has 0 spiro atoms. The first-order valence-corrected chi connectivity index (χ1v) is 10.5. The predicted octanol–water partition coefficient (Wildman–Crippen LogP) is 7.94. The molecule has 0 N–H and O–H groups in total. The maximum absolute atomic E-state index is 14.7. The van der Waals surface area contributed by atoms with E-state index < -0.39 is 34.4 Å². The number of hydrogen-bond acceptors (Lipinski definition) is 0. The first kappa shape index (κ1) is 22.5. The standard InChI is InChI=1S/C28H19F5/c1-2-3-4-18-12-26(32)28(27(33)13-18)21-15-24(30)23(25(31)16-21)10-6-17-5-7-20-14-22(29)9-8-19(20)11-17/h5,7-9,11-16H,2-4H2,1H3. The highest BCUT2D eigenvalue weighted by Gasteiger charge is 2.17. The monoisotopic (exact) mass is 450 g/mol. The Kier molecular flexibility index (Phi) is 6.46. The number of hydrogen-bond donors (Lipinski definition) is 0. The van der Waals surface area contributed by atoms with E-state index in [-0.39, 0.29) is 11.4 Å². The van der Waals surface area contributed by atoms with Gasteiger partial charge in [0, 0.05) is 5.56 Å². The lowest BCUT2D eigenvalue weighted by Crippen LogP contribution is -1.98. The van der Waals surface area contributed by atoms with Crippen LogP contribution in [0.1, 0.15) is 36.5 Å². The van der Waals surface area contributed by atoms with Crippen LogP contribution in [-0.2, 0) is 6.42 Å². The van der Waals surface area contributed by atoms with E-state index in [2.05, 4.69) is 11.8 Å². The number of aryl methyl sites for hydroxylation is 1. The third-order valence-electron chi connectivity index (χ3n) is 5.39. The van der Waals surface area contributed by atoms with Crippen LogP contribution < -0.4 is 0 Å². The minimum Gasteiger partial charge on any atom is -0.207 e. The van der Waals surface area contributed by atoms with Gasteiger partial charge in [0.15, 0.2) is 0 Å². The zero-order chi connectivity index (χ0) is 23.5. The largest absolute Gasteiger partial charge is 0.207 e. The van der Waals surface area contributed by atoms with Crippen LogP contribution in [0.5, 0.6) is 0 Å². The summed E-state index contributed by atoms with van der Waals surface area (Å²) in [5.74, 6) is 0.995. The van der Waals surface area contributed by atoms with Crippen molar-refractivity contribution in [3.05, 3.63) is 106 Å². The second-order valence-electron chi connectivity index (χ2n) is 7.81. The van der Waals surface area contributed by atoms with Gasteiger partial charge in [0.1, 0.15) is 29.1 Å². The molecule has 0 aliphatic carbocycles. The average Bonchev–Trinajstić information content (AvgIpc) is 2.76. The van der Waals surface area contributed by atoms with Gasteiger partial charge < -0.3 is 0 Å². The zero-order valence-electron chi connectivity index (χ0n) is 17.8. The summed E-state index contributed by atoms with van der Waals surface area (Å²) in [5, 5.41) is 1.40. The molecule has 0 atom stereocenters. The van der Waals surface area contributed by atoms with Gasteiger partial charge in [0.2, 0.25) is 0 Å². The molecule has 0 aliphatic rings. The fourth-order valence-electron chi connectivity index (χ4n) is 3.69. The Bertz CT molecular complexity index is 1360. The zero-order valence-corrected chi connectivity index (χ0v) is 17.8. The molecule has 4 rings (SSSR count). The Morgan fingerprint density at radius 1 is 0.667 bits per heavy atom. The molecule has 0 saturated heterocycles. The third-order valence-corrected chi connectivity index (χ3v) is 5.39. The van der Waals surface area contributed by atoms with Crippen molar-refractivity contribution in [2.24, 2.45) is 0 Å².